The van der Waals surface area contributed by atoms with Gasteiger partial charge in [-0.1, -0.05) is 103 Å². The monoisotopic (exact) mass is 473 g/mol. The second-order valence-electron chi connectivity index (χ2n) is 10.0. The highest BCUT2D eigenvalue weighted by atomic mass is 14.7. The lowest BCUT2D eigenvalue weighted by molar-refractivity contribution is 1.00. The first kappa shape index (κ1) is 21.8. The molecule has 1 heterocycles. The fourth-order valence-corrected chi connectivity index (χ4v) is 5.97. The van der Waals surface area contributed by atoms with Crippen LogP contribution in [0, 0.1) is 6.92 Å². The summed E-state index contributed by atoms with van der Waals surface area (Å²) in [5, 5.41) is 5.30. The van der Waals surface area contributed by atoms with E-state index in [0.717, 1.165) is 18.5 Å². The minimum absolute atomic E-state index is 1.02. The predicted molar refractivity (Wildman–Crippen MR) is 157 cm³/mol. The second-order valence-corrected chi connectivity index (χ2v) is 10.0. The number of rotatable bonds is 3. The van der Waals surface area contributed by atoms with Crippen LogP contribution in [-0.4, -0.2) is 4.98 Å². The summed E-state index contributed by atoms with van der Waals surface area (Å²) in [5.41, 5.74) is 11.6. The molecule has 0 amide bonds. The van der Waals surface area contributed by atoms with Gasteiger partial charge < -0.3 is 0 Å². The maximum atomic E-state index is 4.55. The van der Waals surface area contributed by atoms with Crippen LogP contribution in [0.3, 0.4) is 0 Å². The van der Waals surface area contributed by atoms with Crippen LogP contribution in [0.25, 0.3) is 55.6 Å². The lowest BCUT2D eigenvalue weighted by atomic mass is 9.81. The lowest BCUT2D eigenvalue weighted by Crippen LogP contribution is -2.01. The van der Waals surface area contributed by atoms with Crippen molar-refractivity contribution in [2.45, 2.75) is 19.8 Å². The van der Waals surface area contributed by atoms with Crippen LogP contribution in [0.1, 0.15) is 28.7 Å². The van der Waals surface area contributed by atoms with Crippen molar-refractivity contribution in [2.75, 3.05) is 0 Å². The quantitative estimate of drug-likeness (QED) is 0.233. The van der Waals surface area contributed by atoms with Crippen molar-refractivity contribution >= 4 is 33.2 Å². The van der Waals surface area contributed by atoms with E-state index in [9.17, 15) is 0 Å². The number of aromatic nitrogens is 1. The van der Waals surface area contributed by atoms with Gasteiger partial charge in [-0.3, -0.25) is 4.98 Å². The molecule has 7 rings (SSSR count). The Labute approximate surface area is 217 Å². The summed E-state index contributed by atoms with van der Waals surface area (Å²) >= 11 is 0. The van der Waals surface area contributed by atoms with E-state index in [-0.39, 0.29) is 0 Å². The molecular weight excluding hydrogens is 446 g/mol. The van der Waals surface area contributed by atoms with Crippen molar-refractivity contribution in [3.05, 3.63) is 138 Å². The van der Waals surface area contributed by atoms with E-state index in [4.69, 9.17) is 0 Å². The highest BCUT2D eigenvalue weighted by Gasteiger charge is 2.20. The zero-order chi connectivity index (χ0) is 24.8. The first-order chi connectivity index (χ1) is 18.3. The maximum absolute atomic E-state index is 4.55. The molecule has 0 saturated carbocycles. The van der Waals surface area contributed by atoms with Gasteiger partial charge in [0.15, 0.2) is 0 Å². The van der Waals surface area contributed by atoms with E-state index < -0.39 is 0 Å². The smallest absolute Gasteiger partial charge is 0.0702 e. The van der Waals surface area contributed by atoms with Gasteiger partial charge in [0, 0.05) is 11.8 Å². The molecule has 0 unspecified atom stereocenters. The van der Waals surface area contributed by atoms with E-state index in [0.29, 0.717) is 0 Å². The second kappa shape index (κ2) is 8.87. The summed E-state index contributed by atoms with van der Waals surface area (Å²) in [4.78, 5) is 4.55. The summed E-state index contributed by atoms with van der Waals surface area (Å²) in [6, 6.07) is 39.7. The van der Waals surface area contributed by atoms with Gasteiger partial charge in [-0.2, -0.15) is 0 Å². The Balaban J connectivity index is 1.45. The third kappa shape index (κ3) is 3.75. The van der Waals surface area contributed by atoms with E-state index in [2.05, 4.69) is 121 Å². The summed E-state index contributed by atoms with van der Waals surface area (Å²) in [5.74, 6) is 0. The fraction of sp³-hybridized carbons (Fsp3) is 0.0833. The van der Waals surface area contributed by atoms with Gasteiger partial charge in [0.05, 0.1) is 5.69 Å². The Morgan fingerprint density at radius 2 is 1.27 bits per heavy atom. The fourth-order valence-electron chi connectivity index (χ4n) is 5.97. The van der Waals surface area contributed by atoms with Crippen molar-refractivity contribution in [1.82, 2.24) is 4.98 Å². The molecule has 0 N–H and O–H groups in total. The number of allylic oxidation sites excluding steroid dienone is 1. The molecule has 1 nitrogen and oxygen atoms in total. The summed E-state index contributed by atoms with van der Waals surface area (Å²) in [7, 11) is 0. The lowest BCUT2D eigenvalue weighted by Gasteiger charge is -2.22. The molecule has 176 valence electrons. The molecule has 0 radical (unpaired) electrons. The Morgan fingerprint density at radius 1 is 0.568 bits per heavy atom. The van der Waals surface area contributed by atoms with Crippen LogP contribution in [0.4, 0.5) is 0 Å². The van der Waals surface area contributed by atoms with Gasteiger partial charge in [0.25, 0.3) is 0 Å². The van der Waals surface area contributed by atoms with Gasteiger partial charge >= 0.3 is 0 Å². The molecule has 0 saturated heterocycles. The minimum Gasteiger partial charge on any atom is -0.256 e. The highest BCUT2D eigenvalue weighted by molar-refractivity contribution is 6.19. The Kier molecular flexibility index (Phi) is 5.22. The molecule has 1 aliphatic rings. The molecule has 1 aromatic heterocycles. The number of fused-ring (bicyclic) bond motifs is 3. The van der Waals surface area contributed by atoms with E-state index in [1.165, 1.54) is 66.1 Å². The minimum atomic E-state index is 1.02. The molecule has 1 aliphatic carbocycles. The zero-order valence-electron chi connectivity index (χ0n) is 20.9. The van der Waals surface area contributed by atoms with Gasteiger partial charge in [-0.25, -0.2) is 0 Å². The summed E-state index contributed by atoms with van der Waals surface area (Å²) in [6.45, 7) is 2.17. The first-order valence-corrected chi connectivity index (χ1v) is 13.0. The van der Waals surface area contributed by atoms with Gasteiger partial charge in [0.1, 0.15) is 0 Å². The molecule has 6 aromatic rings. The summed E-state index contributed by atoms with van der Waals surface area (Å²) < 4.78 is 0. The van der Waals surface area contributed by atoms with Crippen LogP contribution in [0.2, 0.25) is 0 Å². The van der Waals surface area contributed by atoms with Crippen molar-refractivity contribution < 1.29 is 0 Å². The number of benzene rings is 5. The highest BCUT2D eigenvalue weighted by Crippen LogP contribution is 2.44. The molecule has 1 heteroatoms. The zero-order valence-corrected chi connectivity index (χ0v) is 20.9. The molecule has 0 fully saturated rings. The SMILES string of the molecule is Cc1cccc(-c2c3ccccc3c(C3=Cc4ccc(-c5ccccn5)cc4CC3)c3ccccc23)c1. The van der Waals surface area contributed by atoms with Crippen LogP contribution in [-0.2, 0) is 6.42 Å². The maximum Gasteiger partial charge on any atom is 0.0702 e. The van der Waals surface area contributed by atoms with Gasteiger partial charge in [-0.05, 0) is 92.9 Å². The third-order valence-electron chi connectivity index (χ3n) is 7.66. The Hall–Kier alpha value is -4.49. The standard InChI is InChI=1S/C36H27N/c1-24-9-8-10-28(21-24)35-30-11-2-4-13-32(30)36(33-14-5-3-12-31(33)35)29-19-17-25-22-27(18-16-26(25)23-29)34-15-6-7-20-37-34/h2-16,18,20-23H,17,19H2,1H3. The molecule has 0 aliphatic heterocycles. The van der Waals surface area contributed by atoms with Crippen molar-refractivity contribution in [3.63, 3.8) is 0 Å². The summed E-state index contributed by atoms with van der Waals surface area (Å²) in [6.07, 6.45) is 6.34. The number of hydrogen-bond donors (Lipinski definition) is 0. The number of hydrogen-bond acceptors (Lipinski definition) is 1. The van der Waals surface area contributed by atoms with Crippen LogP contribution in [0.15, 0.2) is 115 Å². The van der Waals surface area contributed by atoms with Crippen molar-refractivity contribution in [1.29, 1.82) is 0 Å². The average Bonchev–Trinajstić information content (AvgIpc) is 2.95. The predicted octanol–water partition coefficient (Wildman–Crippen LogP) is 9.52. The van der Waals surface area contributed by atoms with E-state index >= 15 is 0 Å². The van der Waals surface area contributed by atoms with Crippen molar-refractivity contribution in [2.24, 2.45) is 0 Å². The molecular formula is C36H27N. The van der Waals surface area contributed by atoms with E-state index in [1.54, 1.807) is 0 Å². The largest absolute Gasteiger partial charge is 0.256 e. The first-order valence-electron chi connectivity index (χ1n) is 13.0. The Morgan fingerprint density at radius 3 is 1.95 bits per heavy atom. The van der Waals surface area contributed by atoms with Crippen LogP contribution >= 0.6 is 0 Å². The number of pyridine rings is 1. The van der Waals surface area contributed by atoms with Crippen LogP contribution in [0.5, 0.6) is 0 Å². The molecule has 0 atom stereocenters. The van der Waals surface area contributed by atoms with Gasteiger partial charge in [0.2, 0.25) is 0 Å². The van der Waals surface area contributed by atoms with Gasteiger partial charge in [-0.15, -0.1) is 0 Å². The number of aryl methyl sites for hydroxylation is 2. The van der Waals surface area contributed by atoms with Crippen molar-refractivity contribution in [3.8, 4) is 22.4 Å². The Bertz CT molecular complexity index is 1770. The molecule has 0 spiro atoms. The molecule has 37 heavy (non-hydrogen) atoms. The third-order valence-corrected chi connectivity index (χ3v) is 7.66. The topological polar surface area (TPSA) is 12.9 Å². The average molecular weight is 474 g/mol. The molecule has 0 bridgehead atoms. The number of nitrogens with zero attached hydrogens (tertiary/aromatic N) is 1. The van der Waals surface area contributed by atoms with Crippen LogP contribution < -0.4 is 0 Å². The molecule has 5 aromatic carbocycles. The van der Waals surface area contributed by atoms with E-state index in [1.807, 2.05) is 12.3 Å². The normalized spacial score (nSPS) is 12.9.